The molecule has 0 atom stereocenters. The summed E-state index contributed by atoms with van der Waals surface area (Å²) < 4.78 is 8.06. The van der Waals surface area contributed by atoms with E-state index in [1.807, 2.05) is 24.3 Å². The Hall–Kier alpha value is -1.21. The molecule has 0 saturated heterocycles. The molecular weight excluding hydrogens is 159 g/mol. The number of fused-ring (bicyclic) bond motifs is 1. The SMILES string of the molecule is O=P.c1ccc2[nH]cnc2c1. The van der Waals surface area contributed by atoms with Gasteiger partial charge in [0.1, 0.15) is 9.12 Å². The molecule has 4 heteroatoms. The number of hydrogen-bond donors (Lipinski definition) is 1. The fourth-order valence-corrected chi connectivity index (χ4v) is 0.880. The molecular formula is C7H7N2OP. The normalized spacial score (nSPS) is 8.73. The van der Waals surface area contributed by atoms with Gasteiger partial charge in [0.2, 0.25) is 0 Å². The van der Waals surface area contributed by atoms with Crippen molar-refractivity contribution in [3.8, 4) is 0 Å². The minimum atomic E-state index is 1.03. The summed E-state index contributed by atoms with van der Waals surface area (Å²) in [7, 11) is 1.72. The maximum Gasteiger partial charge on any atom is 0.138 e. The molecule has 0 bridgehead atoms. The summed E-state index contributed by atoms with van der Waals surface area (Å²) in [5.41, 5.74) is 2.12. The first-order valence-corrected chi connectivity index (χ1v) is 3.46. The number of rotatable bonds is 0. The number of nitrogens with one attached hydrogen (secondary N) is 1. The molecule has 0 aliphatic carbocycles. The third-order valence-electron chi connectivity index (χ3n) is 1.33. The molecule has 1 aromatic heterocycles. The molecule has 0 saturated carbocycles. The van der Waals surface area contributed by atoms with Crippen LogP contribution in [0, 0.1) is 0 Å². The van der Waals surface area contributed by atoms with E-state index in [1.165, 1.54) is 0 Å². The first kappa shape index (κ1) is 7.89. The Morgan fingerprint density at radius 3 is 2.73 bits per heavy atom. The second-order valence-corrected chi connectivity index (χ2v) is 1.92. The summed E-state index contributed by atoms with van der Waals surface area (Å²) >= 11 is 0. The number of para-hydroxylation sites is 2. The Labute approximate surface area is 66.1 Å². The zero-order valence-electron chi connectivity index (χ0n) is 5.74. The lowest BCUT2D eigenvalue weighted by Gasteiger charge is -1.81. The highest BCUT2D eigenvalue weighted by molar-refractivity contribution is 7.00. The standard InChI is InChI=1S/C7H6N2.HOP/c1-2-4-7-6(3-1)8-5-9-7;1-2/h1-5H,(H,8,9);2H. The molecule has 11 heavy (non-hydrogen) atoms. The van der Waals surface area contributed by atoms with Gasteiger partial charge in [-0.05, 0) is 12.1 Å². The van der Waals surface area contributed by atoms with Gasteiger partial charge in [-0.1, -0.05) is 12.1 Å². The van der Waals surface area contributed by atoms with E-state index in [9.17, 15) is 0 Å². The van der Waals surface area contributed by atoms with Crippen LogP contribution in [0.2, 0.25) is 0 Å². The lowest BCUT2D eigenvalue weighted by molar-refractivity contribution is 0.607. The largest absolute Gasteiger partial charge is 0.345 e. The van der Waals surface area contributed by atoms with E-state index in [4.69, 9.17) is 4.57 Å². The second-order valence-electron chi connectivity index (χ2n) is 1.92. The number of H-pyrrole nitrogens is 1. The van der Waals surface area contributed by atoms with E-state index in [1.54, 1.807) is 15.4 Å². The summed E-state index contributed by atoms with van der Waals surface area (Å²) in [5.74, 6) is 0. The van der Waals surface area contributed by atoms with E-state index in [2.05, 4.69) is 9.97 Å². The van der Waals surface area contributed by atoms with Crippen LogP contribution in [0.15, 0.2) is 30.6 Å². The Balaban J connectivity index is 0.000000281. The van der Waals surface area contributed by atoms with Gasteiger partial charge in [0.15, 0.2) is 0 Å². The van der Waals surface area contributed by atoms with Crippen LogP contribution in [0.1, 0.15) is 0 Å². The third-order valence-corrected chi connectivity index (χ3v) is 1.33. The van der Waals surface area contributed by atoms with E-state index in [0.717, 1.165) is 11.0 Å². The molecule has 2 rings (SSSR count). The van der Waals surface area contributed by atoms with Gasteiger partial charge < -0.3 is 4.98 Å². The van der Waals surface area contributed by atoms with Crippen LogP contribution >= 0.6 is 9.12 Å². The number of benzene rings is 1. The first-order valence-electron chi connectivity index (χ1n) is 3.05. The van der Waals surface area contributed by atoms with Crippen molar-refractivity contribution in [2.45, 2.75) is 0 Å². The van der Waals surface area contributed by atoms with Gasteiger partial charge in [0.05, 0.1) is 17.4 Å². The van der Waals surface area contributed by atoms with Crippen LogP contribution in [0.5, 0.6) is 0 Å². The predicted molar refractivity (Wildman–Crippen MR) is 45.1 cm³/mol. The molecule has 0 fully saturated rings. The number of hydrogen-bond acceptors (Lipinski definition) is 2. The van der Waals surface area contributed by atoms with Crippen LogP contribution in [0.3, 0.4) is 0 Å². The van der Waals surface area contributed by atoms with Crippen LogP contribution < -0.4 is 0 Å². The number of imidazole rings is 1. The molecule has 1 heterocycles. The van der Waals surface area contributed by atoms with Gasteiger partial charge in [0, 0.05) is 0 Å². The summed E-state index contributed by atoms with van der Waals surface area (Å²) in [6, 6.07) is 7.94. The number of aromatic amines is 1. The maximum atomic E-state index is 8.06. The predicted octanol–water partition coefficient (Wildman–Crippen LogP) is 2.04. The molecule has 0 radical (unpaired) electrons. The molecule has 56 valence electrons. The third kappa shape index (κ3) is 1.63. The number of aromatic nitrogens is 2. The molecule has 0 aliphatic rings. The quantitative estimate of drug-likeness (QED) is 0.608. The van der Waals surface area contributed by atoms with Crippen molar-refractivity contribution in [3.63, 3.8) is 0 Å². The average molecular weight is 166 g/mol. The van der Waals surface area contributed by atoms with Crippen molar-refractivity contribution in [2.24, 2.45) is 0 Å². The topological polar surface area (TPSA) is 45.8 Å². The van der Waals surface area contributed by atoms with E-state index in [-0.39, 0.29) is 0 Å². The average Bonchev–Trinajstić information content (AvgIpc) is 2.55. The molecule has 0 unspecified atom stereocenters. The summed E-state index contributed by atoms with van der Waals surface area (Å²) in [4.78, 5) is 7.07. The van der Waals surface area contributed by atoms with Crippen LogP contribution in [-0.4, -0.2) is 9.97 Å². The van der Waals surface area contributed by atoms with Crippen LogP contribution in [0.25, 0.3) is 11.0 Å². The minimum Gasteiger partial charge on any atom is -0.345 e. The molecule has 0 spiro atoms. The minimum absolute atomic E-state index is 1.03. The smallest absolute Gasteiger partial charge is 0.138 e. The van der Waals surface area contributed by atoms with E-state index >= 15 is 0 Å². The van der Waals surface area contributed by atoms with Crippen molar-refractivity contribution in [1.29, 1.82) is 0 Å². The lowest BCUT2D eigenvalue weighted by Crippen LogP contribution is -1.63. The molecule has 0 amide bonds. The maximum absolute atomic E-state index is 8.06. The van der Waals surface area contributed by atoms with Gasteiger partial charge in [-0.15, -0.1) is 0 Å². The molecule has 3 nitrogen and oxygen atoms in total. The van der Waals surface area contributed by atoms with Crippen LogP contribution in [0.4, 0.5) is 0 Å². The molecule has 0 aliphatic heterocycles. The monoisotopic (exact) mass is 166 g/mol. The summed E-state index contributed by atoms with van der Waals surface area (Å²) in [6.45, 7) is 0. The Morgan fingerprint density at radius 2 is 2.00 bits per heavy atom. The Kier molecular flexibility index (Phi) is 2.75. The molecule has 1 N–H and O–H groups in total. The molecule has 1 aromatic carbocycles. The highest BCUT2D eigenvalue weighted by Gasteiger charge is 1.88. The summed E-state index contributed by atoms with van der Waals surface area (Å²) in [5, 5.41) is 0. The fraction of sp³-hybridized carbons (Fsp3) is 0. The van der Waals surface area contributed by atoms with Gasteiger partial charge in [-0.25, -0.2) is 4.98 Å². The second kappa shape index (κ2) is 3.84. The van der Waals surface area contributed by atoms with E-state index < -0.39 is 0 Å². The van der Waals surface area contributed by atoms with Gasteiger partial charge in [0.25, 0.3) is 0 Å². The summed E-state index contributed by atoms with van der Waals surface area (Å²) in [6.07, 6.45) is 1.70. The number of nitrogens with zero attached hydrogens (tertiary/aromatic N) is 1. The first-order chi connectivity index (χ1) is 5.47. The van der Waals surface area contributed by atoms with Crippen molar-refractivity contribution in [2.75, 3.05) is 0 Å². The van der Waals surface area contributed by atoms with Gasteiger partial charge >= 0.3 is 0 Å². The van der Waals surface area contributed by atoms with Crippen molar-refractivity contribution in [3.05, 3.63) is 30.6 Å². The zero-order valence-corrected chi connectivity index (χ0v) is 6.74. The zero-order chi connectivity index (χ0) is 8.10. The lowest BCUT2D eigenvalue weighted by atomic mass is 10.3. The highest BCUT2D eigenvalue weighted by atomic mass is 31.0. The highest BCUT2D eigenvalue weighted by Crippen LogP contribution is 2.05. The fourth-order valence-electron chi connectivity index (χ4n) is 0.880. The van der Waals surface area contributed by atoms with E-state index in [0.29, 0.717) is 0 Å². The van der Waals surface area contributed by atoms with Crippen LogP contribution in [-0.2, 0) is 4.57 Å². The Morgan fingerprint density at radius 1 is 1.27 bits per heavy atom. The molecule has 2 aromatic rings. The van der Waals surface area contributed by atoms with Gasteiger partial charge in [-0.2, -0.15) is 0 Å². The Bertz CT molecular complexity index is 303. The van der Waals surface area contributed by atoms with Crippen molar-refractivity contribution in [1.82, 2.24) is 9.97 Å². The van der Waals surface area contributed by atoms with Crippen molar-refractivity contribution < 1.29 is 4.57 Å². The van der Waals surface area contributed by atoms with Crippen molar-refractivity contribution >= 4 is 20.2 Å². The van der Waals surface area contributed by atoms with Gasteiger partial charge in [-0.3, -0.25) is 4.57 Å².